The molecule has 0 fully saturated rings. The summed E-state index contributed by atoms with van der Waals surface area (Å²) in [5.74, 6) is -1.74. The molecule has 1 aromatic heterocycles. The molecular weight excluding hydrogens is 338 g/mol. The lowest BCUT2D eigenvalue weighted by atomic mass is 10.1. The van der Waals surface area contributed by atoms with Crippen LogP contribution in [0.15, 0.2) is 44.6 Å². The number of amidine groups is 1. The number of hydrogen-bond acceptors (Lipinski definition) is 4. The summed E-state index contributed by atoms with van der Waals surface area (Å²) in [6, 6.07) is 6.23. The number of benzene rings is 1. The molecule has 0 unspecified atom stereocenters. The highest BCUT2D eigenvalue weighted by Gasteiger charge is 2.23. The Labute approximate surface area is 139 Å². The monoisotopic (exact) mass is 348 g/mol. The first kappa shape index (κ1) is 16.1. The van der Waals surface area contributed by atoms with Crippen LogP contribution in [0, 0.1) is 11.6 Å². The summed E-state index contributed by atoms with van der Waals surface area (Å²) in [5.41, 5.74) is 0.113. The predicted molar refractivity (Wildman–Crippen MR) is 85.9 cm³/mol. The molecule has 2 amide bonds. The van der Waals surface area contributed by atoms with Gasteiger partial charge in [-0.3, -0.25) is 9.59 Å². The van der Waals surface area contributed by atoms with E-state index in [2.05, 4.69) is 10.3 Å². The summed E-state index contributed by atoms with van der Waals surface area (Å²) in [5, 5.41) is 2.62. The zero-order valence-electron chi connectivity index (χ0n) is 12.3. The van der Waals surface area contributed by atoms with Gasteiger partial charge < -0.3 is 9.73 Å². The van der Waals surface area contributed by atoms with Crippen molar-refractivity contribution >= 4 is 34.8 Å². The summed E-state index contributed by atoms with van der Waals surface area (Å²) in [4.78, 5) is 26.7. The Kier molecular flexibility index (Phi) is 4.30. The number of nitrogens with zero attached hydrogens (tertiary/aromatic N) is 1. The van der Waals surface area contributed by atoms with Gasteiger partial charge in [0.1, 0.15) is 23.2 Å². The summed E-state index contributed by atoms with van der Waals surface area (Å²) < 4.78 is 32.2. The Balaban J connectivity index is 1.82. The van der Waals surface area contributed by atoms with Gasteiger partial charge in [0.05, 0.1) is 10.5 Å². The molecule has 1 N–H and O–H groups in total. The average molecular weight is 348 g/mol. The van der Waals surface area contributed by atoms with E-state index in [1.807, 2.05) is 0 Å². The quantitative estimate of drug-likeness (QED) is 0.845. The van der Waals surface area contributed by atoms with Crippen molar-refractivity contribution in [2.75, 3.05) is 0 Å². The van der Waals surface area contributed by atoms with Crippen LogP contribution in [0.5, 0.6) is 0 Å². The van der Waals surface area contributed by atoms with Crippen LogP contribution in [0.3, 0.4) is 0 Å². The number of rotatable bonds is 2. The maximum absolute atomic E-state index is 13.8. The largest absolute Gasteiger partial charge is 0.457 e. The zero-order chi connectivity index (χ0) is 17.3. The van der Waals surface area contributed by atoms with E-state index in [1.54, 1.807) is 6.07 Å². The number of nitrogens with one attached hydrogen (secondary N) is 1. The minimum absolute atomic E-state index is 0.113. The average Bonchev–Trinajstić information content (AvgIpc) is 3.06. The van der Waals surface area contributed by atoms with E-state index in [1.165, 1.54) is 25.1 Å². The Morgan fingerprint density at radius 2 is 2.08 bits per heavy atom. The van der Waals surface area contributed by atoms with E-state index in [9.17, 15) is 18.4 Å². The molecule has 8 heteroatoms. The van der Waals surface area contributed by atoms with Crippen molar-refractivity contribution in [3.8, 4) is 11.3 Å². The standard InChI is InChI=1S/C16H10F2N2O3S/c1-8(21)19-16-20-15(22)14(24-16)7-10-3-5-13(23-10)11-4-2-9(17)6-12(11)18/h2-7H,1H3,(H,19,20,21,22)/b14-7-. The van der Waals surface area contributed by atoms with Gasteiger partial charge in [-0.25, -0.2) is 8.78 Å². The van der Waals surface area contributed by atoms with Gasteiger partial charge >= 0.3 is 0 Å². The van der Waals surface area contributed by atoms with Crippen molar-refractivity contribution in [2.24, 2.45) is 4.99 Å². The molecule has 5 nitrogen and oxygen atoms in total. The molecule has 1 aliphatic heterocycles. The number of carbonyl (C=O) groups is 2. The maximum Gasteiger partial charge on any atom is 0.286 e. The highest BCUT2D eigenvalue weighted by atomic mass is 32.2. The third-order valence-corrected chi connectivity index (χ3v) is 3.90. The van der Waals surface area contributed by atoms with Gasteiger partial charge in [-0.05, 0) is 36.0 Å². The topological polar surface area (TPSA) is 71.7 Å². The second kappa shape index (κ2) is 6.40. The van der Waals surface area contributed by atoms with Gasteiger partial charge in [0.25, 0.3) is 5.91 Å². The zero-order valence-corrected chi connectivity index (χ0v) is 13.1. The molecule has 122 valence electrons. The lowest BCUT2D eigenvalue weighted by Gasteiger charge is -1.99. The molecule has 0 saturated carbocycles. The van der Waals surface area contributed by atoms with Gasteiger partial charge in [0.2, 0.25) is 5.91 Å². The fourth-order valence-corrected chi connectivity index (χ4v) is 2.85. The molecule has 0 aliphatic carbocycles. The number of carbonyl (C=O) groups excluding carboxylic acids is 2. The van der Waals surface area contributed by atoms with E-state index in [0.717, 1.165) is 23.9 Å². The first-order valence-electron chi connectivity index (χ1n) is 6.78. The van der Waals surface area contributed by atoms with Crippen LogP contribution >= 0.6 is 11.8 Å². The van der Waals surface area contributed by atoms with Gasteiger partial charge in [0.15, 0.2) is 5.17 Å². The molecule has 2 aromatic rings. The van der Waals surface area contributed by atoms with Crippen molar-refractivity contribution < 1.29 is 22.8 Å². The van der Waals surface area contributed by atoms with Crippen LogP contribution in [0.2, 0.25) is 0 Å². The molecule has 1 aromatic carbocycles. The Morgan fingerprint density at radius 1 is 1.29 bits per heavy atom. The summed E-state index contributed by atoms with van der Waals surface area (Å²) >= 11 is 0.998. The van der Waals surface area contributed by atoms with Crippen LogP contribution in [0.4, 0.5) is 8.78 Å². The van der Waals surface area contributed by atoms with Crippen molar-refractivity contribution in [3.63, 3.8) is 0 Å². The second-order valence-corrected chi connectivity index (χ2v) is 5.87. The smallest absolute Gasteiger partial charge is 0.286 e. The van der Waals surface area contributed by atoms with Crippen LogP contribution in [-0.4, -0.2) is 17.0 Å². The van der Waals surface area contributed by atoms with E-state index in [-0.39, 0.29) is 27.3 Å². The highest BCUT2D eigenvalue weighted by molar-refractivity contribution is 8.18. The van der Waals surface area contributed by atoms with E-state index >= 15 is 0 Å². The number of thioether (sulfide) groups is 1. The van der Waals surface area contributed by atoms with Crippen molar-refractivity contribution in [3.05, 3.63) is 52.6 Å². The fourth-order valence-electron chi connectivity index (χ4n) is 2.01. The molecule has 0 atom stereocenters. The van der Waals surface area contributed by atoms with E-state index in [0.29, 0.717) is 5.76 Å². The Hall–Kier alpha value is -2.74. The number of halogens is 2. The number of furan rings is 1. The molecule has 0 saturated heterocycles. The van der Waals surface area contributed by atoms with Crippen LogP contribution in [0.1, 0.15) is 12.7 Å². The second-order valence-electron chi connectivity index (χ2n) is 4.84. The van der Waals surface area contributed by atoms with Crippen LogP contribution < -0.4 is 5.32 Å². The summed E-state index contributed by atoms with van der Waals surface area (Å²) in [7, 11) is 0. The first-order valence-corrected chi connectivity index (χ1v) is 7.59. The van der Waals surface area contributed by atoms with Crippen molar-refractivity contribution in [1.82, 2.24) is 5.32 Å². The van der Waals surface area contributed by atoms with Crippen molar-refractivity contribution in [2.45, 2.75) is 6.92 Å². The summed E-state index contributed by atoms with van der Waals surface area (Å²) in [6.45, 7) is 1.31. The normalized spacial score (nSPS) is 15.7. The summed E-state index contributed by atoms with van der Waals surface area (Å²) in [6.07, 6.45) is 1.44. The first-order chi connectivity index (χ1) is 11.4. The maximum atomic E-state index is 13.8. The van der Waals surface area contributed by atoms with Crippen molar-refractivity contribution in [1.29, 1.82) is 0 Å². The van der Waals surface area contributed by atoms with Gasteiger partial charge in [-0.1, -0.05) is 0 Å². The molecule has 0 spiro atoms. The fraction of sp³-hybridized carbons (Fsp3) is 0.0625. The Bertz CT molecular complexity index is 902. The third-order valence-electron chi connectivity index (χ3n) is 3.00. The molecular formula is C16H10F2N2O3S. The predicted octanol–water partition coefficient (Wildman–Crippen LogP) is 3.33. The number of amides is 2. The lowest BCUT2D eigenvalue weighted by Crippen LogP contribution is -2.23. The minimum Gasteiger partial charge on any atom is -0.457 e. The molecule has 1 aliphatic rings. The van der Waals surface area contributed by atoms with Gasteiger partial charge in [-0.15, -0.1) is 0 Å². The number of aliphatic imine (C=N–C) groups is 1. The lowest BCUT2D eigenvalue weighted by molar-refractivity contribution is -0.117. The molecule has 0 radical (unpaired) electrons. The molecule has 3 rings (SSSR count). The number of hydrogen-bond donors (Lipinski definition) is 1. The van der Waals surface area contributed by atoms with Gasteiger partial charge in [-0.2, -0.15) is 4.99 Å². The van der Waals surface area contributed by atoms with E-state index < -0.39 is 17.5 Å². The molecule has 0 bridgehead atoms. The Morgan fingerprint density at radius 3 is 2.79 bits per heavy atom. The van der Waals surface area contributed by atoms with E-state index in [4.69, 9.17) is 4.42 Å². The van der Waals surface area contributed by atoms with Gasteiger partial charge in [0, 0.05) is 19.1 Å². The minimum atomic E-state index is -0.744. The third kappa shape index (κ3) is 3.43. The molecule has 24 heavy (non-hydrogen) atoms. The van der Waals surface area contributed by atoms with Crippen LogP contribution in [0.25, 0.3) is 17.4 Å². The SMILES string of the molecule is CC(=O)NC1=NC(=O)/C(=C/c2ccc(-c3ccc(F)cc3F)o2)S1. The molecule has 2 heterocycles. The van der Waals surface area contributed by atoms with Crippen LogP contribution in [-0.2, 0) is 9.59 Å². The highest BCUT2D eigenvalue weighted by Crippen LogP contribution is 2.30.